The Morgan fingerprint density at radius 1 is 1.46 bits per heavy atom. The number of H-pyrrole nitrogens is 2. The second-order valence-corrected chi connectivity index (χ2v) is 6.58. The van der Waals surface area contributed by atoms with Crippen molar-refractivity contribution in [2.75, 3.05) is 12.4 Å². The first-order valence-electron chi connectivity index (χ1n) is 7.42. The molecule has 0 bridgehead atoms. The van der Waals surface area contributed by atoms with Crippen molar-refractivity contribution >= 4 is 33.4 Å². The summed E-state index contributed by atoms with van der Waals surface area (Å²) in [7, 11) is -3.60. The molecule has 26 heavy (non-hydrogen) atoms. The summed E-state index contributed by atoms with van der Waals surface area (Å²) in [6.07, 6.45) is 5.13. The minimum absolute atomic E-state index is 0.00795. The Morgan fingerprint density at radius 2 is 2.12 bits per heavy atom. The zero-order valence-corrected chi connectivity index (χ0v) is 15.6. The van der Waals surface area contributed by atoms with Crippen LogP contribution in [0.1, 0.15) is 19.2 Å². The number of para-hydroxylation sites is 1. The lowest BCUT2D eigenvalue weighted by Crippen LogP contribution is -2.25. The van der Waals surface area contributed by atoms with Gasteiger partial charge in [-0.25, -0.2) is 18.4 Å². The zero-order chi connectivity index (χ0) is 19.7. The summed E-state index contributed by atoms with van der Waals surface area (Å²) in [5.41, 5.74) is 0.365. The molecule has 2 rings (SSSR count). The number of benzene rings is 1. The number of halogens is 1. The molecular weight excluding hydrogens is 388 g/mol. The number of nitrogens with one attached hydrogen (secondary N) is 3. The standard InChI is InChI=1S/C13H15ClN4O2.CH4O4S/c1-2-9(8-12-15-6-7-16-12)17-13-10(14)4-3-5-11(13)18(19)20;1-5-6(2,3)4/h3-7,9,17H,2,8H2,1H3,(H,15,16);1H3,(H,2,3,4). The van der Waals surface area contributed by atoms with Crippen molar-refractivity contribution in [3.05, 3.63) is 51.6 Å². The van der Waals surface area contributed by atoms with Gasteiger partial charge in [0.15, 0.2) is 0 Å². The van der Waals surface area contributed by atoms with Crippen LogP contribution >= 0.6 is 11.6 Å². The van der Waals surface area contributed by atoms with Crippen molar-refractivity contribution in [2.24, 2.45) is 0 Å². The highest BCUT2D eigenvalue weighted by atomic mass is 35.5. The van der Waals surface area contributed by atoms with Crippen molar-refractivity contribution in [2.45, 2.75) is 25.8 Å². The van der Waals surface area contributed by atoms with E-state index < -0.39 is 15.3 Å². The van der Waals surface area contributed by atoms with Crippen LogP contribution in [0.15, 0.2) is 30.6 Å². The number of nitro groups is 1. The van der Waals surface area contributed by atoms with Crippen LogP contribution in [0.5, 0.6) is 0 Å². The van der Waals surface area contributed by atoms with Crippen molar-refractivity contribution < 1.29 is 27.1 Å². The van der Waals surface area contributed by atoms with E-state index in [0.717, 1.165) is 19.4 Å². The van der Waals surface area contributed by atoms with Crippen LogP contribution in [0, 0.1) is 10.1 Å². The first-order valence-corrected chi connectivity index (χ1v) is 9.13. The van der Waals surface area contributed by atoms with Crippen LogP contribution in [0.2, 0.25) is 5.02 Å². The monoisotopic (exact) mass is 406 g/mol. The summed E-state index contributed by atoms with van der Waals surface area (Å²) in [6, 6.07) is 4.71. The maximum absolute atomic E-state index is 11.1. The van der Waals surface area contributed by atoms with Gasteiger partial charge in [-0.3, -0.25) is 14.3 Å². The van der Waals surface area contributed by atoms with E-state index in [2.05, 4.69) is 19.5 Å². The lowest BCUT2D eigenvalue weighted by molar-refractivity contribution is -0.388. The number of imidazole rings is 1. The maximum Gasteiger partial charge on any atom is 0.293 e. The van der Waals surface area contributed by atoms with Gasteiger partial charge in [0.1, 0.15) is 18.1 Å². The molecule has 0 saturated carbocycles. The predicted octanol–water partition coefficient (Wildman–Crippen LogP) is 1.92. The van der Waals surface area contributed by atoms with Crippen LogP contribution in [-0.4, -0.2) is 36.0 Å². The molecule has 2 aromatic rings. The molecule has 0 aliphatic rings. The largest absolute Gasteiger partial charge is 0.726 e. The van der Waals surface area contributed by atoms with E-state index in [1.165, 1.54) is 6.07 Å². The van der Waals surface area contributed by atoms with Crippen LogP contribution in [0.4, 0.5) is 11.4 Å². The highest BCUT2D eigenvalue weighted by molar-refractivity contribution is 7.80. The van der Waals surface area contributed by atoms with Crippen molar-refractivity contribution in [3.63, 3.8) is 0 Å². The van der Waals surface area contributed by atoms with E-state index in [4.69, 9.17) is 11.6 Å². The second kappa shape index (κ2) is 10.1. The molecule has 1 unspecified atom stereocenters. The lowest BCUT2D eigenvalue weighted by Gasteiger charge is -2.16. The van der Waals surface area contributed by atoms with E-state index in [0.29, 0.717) is 17.1 Å². The van der Waals surface area contributed by atoms with Gasteiger partial charge in [-0.05, 0) is 12.5 Å². The molecule has 0 amide bonds. The topological polar surface area (TPSA) is 152 Å². The van der Waals surface area contributed by atoms with Crippen LogP contribution < -0.4 is 10.3 Å². The van der Waals surface area contributed by atoms with E-state index in [1.807, 2.05) is 6.92 Å². The minimum atomic E-state index is -4.41. The summed E-state index contributed by atoms with van der Waals surface area (Å²) in [6.45, 7) is 2.02. The third-order valence-electron chi connectivity index (χ3n) is 3.28. The molecule has 1 aromatic heterocycles. The van der Waals surface area contributed by atoms with Gasteiger partial charge in [0.05, 0.1) is 23.5 Å². The molecule has 144 valence electrons. The van der Waals surface area contributed by atoms with Crippen molar-refractivity contribution in [3.8, 4) is 0 Å². The number of aromatic amines is 2. The Labute approximate surface area is 155 Å². The zero-order valence-electron chi connectivity index (χ0n) is 14.1. The molecule has 1 atom stereocenters. The van der Waals surface area contributed by atoms with Gasteiger partial charge in [0.2, 0.25) is 10.4 Å². The van der Waals surface area contributed by atoms with Crippen molar-refractivity contribution in [1.29, 1.82) is 0 Å². The smallest absolute Gasteiger partial charge is 0.293 e. The molecule has 0 saturated heterocycles. The quantitative estimate of drug-likeness (QED) is 0.308. The molecule has 3 N–H and O–H groups in total. The summed E-state index contributed by atoms with van der Waals surface area (Å²) >= 11 is 6.07. The molecule has 12 heteroatoms. The molecule has 0 aliphatic heterocycles. The lowest BCUT2D eigenvalue weighted by atomic mass is 10.1. The Kier molecular flexibility index (Phi) is 8.45. The normalized spacial score (nSPS) is 12.0. The summed E-state index contributed by atoms with van der Waals surface area (Å²) in [5, 5.41) is 14.6. The van der Waals surface area contributed by atoms with Gasteiger partial charge in [0, 0.05) is 12.1 Å². The fraction of sp³-hybridized carbons (Fsp3) is 0.357. The molecule has 0 spiro atoms. The predicted molar refractivity (Wildman–Crippen MR) is 93.6 cm³/mol. The molecule has 0 radical (unpaired) electrons. The van der Waals surface area contributed by atoms with Gasteiger partial charge in [-0.1, -0.05) is 24.6 Å². The number of anilines is 1. The Hall–Kier alpha value is -2.21. The summed E-state index contributed by atoms with van der Waals surface area (Å²) in [4.78, 5) is 16.8. The first-order chi connectivity index (χ1) is 12.2. The Bertz CT molecular complexity index is 813. The average Bonchev–Trinajstić information content (AvgIpc) is 3.08. The SMILES string of the molecule is CCC(Cc1[nH]cc[nH+]1)Nc1c(Cl)cccc1[N+](=O)[O-].COS(=O)(=O)[O-]. The first kappa shape index (κ1) is 21.8. The Balaban J connectivity index is 0.000000487. The number of rotatable bonds is 7. The number of hydrogen-bond acceptors (Lipinski definition) is 7. The highest BCUT2D eigenvalue weighted by Crippen LogP contribution is 2.32. The van der Waals surface area contributed by atoms with E-state index in [9.17, 15) is 23.1 Å². The third-order valence-corrected chi connectivity index (χ3v) is 4.01. The van der Waals surface area contributed by atoms with E-state index >= 15 is 0 Å². The number of aromatic nitrogens is 2. The van der Waals surface area contributed by atoms with Gasteiger partial charge < -0.3 is 9.87 Å². The number of nitro benzene ring substituents is 1. The highest BCUT2D eigenvalue weighted by Gasteiger charge is 2.20. The van der Waals surface area contributed by atoms with E-state index in [1.54, 1.807) is 24.5 Å². The Morgan fingerprint density at radius 3 is 2.58 bits per heavy atom. The average molecular weight is 407 g/mol. The fourth-order valence-corrected chi connectivity index (χ4v) is 2.22. The summed E-state index contributed by atoms with van der Waals surface area (Å²) in [5.74, 6) is 0.957. The molecule has 1 aromatic carbocycles. The molecule has 1 heterocycles. The van der Waals surface area contributed by atoms with Crippen LogP contribution in [-0.2, 0) is 21.0 Å². The minimum Gasteiger partial charge on any atom is -0.726 e. The fourth-order valence-electron chi connectivity index (χ4n) is 2.00. The van der Waals surface area contributed by atoms with Gasteiger partial charge in [0.25, 0.3) is 11.5 Å². The molecule has 0 fully saturated rings. The van der Waals surface area contributed by atoms with Gasteiger partial charge in [-0.2, -0.15) is 0 Å². The molecule has 0 aliphatic carbocycles. The van der Waals surface area contributed by atoms with Gasteiger partial charge in [-0.15, -0.1) is 0 Å². The van der Waals surface area contributed by atoms with Crippen LogP contribution in [0.25, 0.3) is 0 Å². The third kappa shape index (κ3) is 7.35. The van der Waals surface area contributed by atoms with Crippen molar-refractivity contribution in [1.82, 2.24) is 4.98 Å². The van der Waals surface area contributed by atoms with E-state index in [-0.39, 0.29) is 11.7 Å². The van der Waals surface area contributed by atoms with Crippen LogP contribution in [0.3, 0.4) is 0 Å². The molecule has 10 nitrogen and oxygen atoms in total. The van der Waals surface area contributed by atoms with Gasteiger partial charge >= 0.3 is 0 Å². The second-order valence-electron chi connectivity index (χ2n) is 5.02. The number of hydrogen-bond donors (Lipinski definition) is 2. The molecular formula is C14H19ClN4O6S. The maximum atomic E-state index is 11.1. The summed E-state index contributed by atoms with van der Waals surface area (Å²) < 4.78 is 31.0. The number of nitrogens with zero attached hydrogens (tertiary/aromatic N) is 1.